The zero-order chi connectivity index (χ0) is 15.2. The topological polar surface area (TPSA) is 68.3 Å². The molecular formula is C17H12O4. The van der Waals surface area contributed by atoms with Crippen LogP contribution in [-0.2, 0) is 20.8 Å². The SMILES string of the molecule is O=C(Cc1ccccc1)C(=O)C(=O)C(=O)c1ccccc1. The molecule has 2 aromatic carbocycles. The zero-order valence-electron chi connectivity index (χ0n) is 11.1. The minimum Gasteiger partial charge on any atom is -0.290 e. The van der Waals surface area contributed by atoms with Gasteiger partial charge in [0.05, 0.1) is 0 Å². The molecule has 0 heterocycles. The van der Waals surface area contributed by atoms with Crippen molar-refractivity contribution in [2.45, 2.75) is 6.42 Å². The predicted molar refractivity (Wildman–Crippen MR) is 75.9 cm³/mol. The molecule has 0 aliphatic rings. The summed E-state index contributed by atoms with van der Waals surface area (Å²) in [5, 5.41) is 0. The maximum Gasteiger partial charge on any atom is 0.277 e. The molecule has 4 heteroatoms. The molecule has 0 unspecified atom stereocenters. The van der Waals surface area contributed by atoms with E-state index in [1.54, 1.807) is 48.5 Å². The lowest BCUT2D eigenvalue weighted by Gasteiger charge is -2.00. The molecule has 0 aromatic heterocycles. The monoisotopic (exact) mass is 280 g/mol. The molecule has 0 atom stereocenters. The largest absolute Gasteiger partial charge is 0.290 e. The standard InChI is InChI=1S/C17H12O4/c18-14(11-12-7-3-1-4-8-12)16(20)17(21)15(19)13-9-5-2-6-10-13/h1-10H,11H2. The van der Waals surface area contributed by atoms with E-state index in [1.807, 2.05) is 0 Å². The van der Waals surface area contributed by atoms with Gasteiger partial charge in [-0.05, 0) is 5.56 Å². The maximum absolute atomic E-state index is 11.8. The van der Waals surface area contributed by atoms with Crippen LogP contribution in [0.2, 0.25) is 0 Å². The Labute approximate surface area is 121 Å². The molecule has 21 heavy (non-hydrogen) atoms. The molecule has 104 valence electrons. The van der Waals surface area contributed by atoms with E-state index in [9.17, 15) is 19.2 Å². The highest BCUT2D eigenvalue weighted by Crippen LogP contribution is 2.04. The molecule has 0 N–H and O–H groups in total. The Bertz CT molecular complexity index is 687. The lowest BCUT2D eigenvalue weighted by Crippen LogP contribution is -2.31. The fourth-order valence-corrected chi connectivity index (χ4v) is 1.81. The molecule has 4 nitrogen and oxygen atoms in total. The van der Waals surface area contributed by atoms with Crippen LogP contribution in [-0.4, -0.2) is 23.1 Å². The molecule has 2 rings (SSSR count). The van der Waals surface area contributed by atoms with Crippen molar-refractivity contribution in [3.05, 3.63) is 71.8 Å². The van der Waals surface area contributed by atoms with Gasteiger partial charge in [-0.15, -0.1) is 0 Å². The lowest BCUT2D eigenvalue weighted by atomic mass is 9.99. The van der Waals surface area contributed by atoms with E-state index in [0.29, 0.717) is 5.56 Å². The van der Waals surface area contributed by atoms with Crippen LogP contribution in [0.4, 0.5) is 0 Å². The summed E-state index contributed by atoms with van der Waals surface area (Å²) in [6.07, 6.45) is -0.187. The first kappa shape index (κ1) is 14.5. The highest BCUT2D eigenvalue weighted by molar-refractivity contribution is 6.79. The van der Waals surface area contributed by atoms with Gasteiger partial charge in [0.1, 0.15) is 0 Å². The summed E-state index contributed by atoms with van der Waals surface area (Å²) in [4.78, 5) is 47.1. The van der Waals surface area contributed by atoms with Crippen LogP contribution < -0.4 is 0 Å². The molecule has 0 bridgehead atoms. The van der Waals surface area contributed by atoms with Crippen molar-refractivity contribution in [3.63, 3.8) is 0 Å². The third-order valence-electron chi connectivity index (χ3n) is 2.91. The Kier molecular flexibility index (Phi) is 4.51. The predicted octanol–water partition coefficient (Wildman–Crippen LogP) is 1.82. The molecule has 2 aromatic rings. The summed E-state index contributed by atoms with van der Waals surface area (Å²) < 4.78 is 0. The quantitative estimate of drug-likeness (QED) is 0.460. The molecule has 0 amide bonds. The second-order valence-electron chi connectivity index (χ2n) is 4.44. The molecule has 0 saturated carbocycles. The van der Waals surface area contributed by atoms with Gasteiger partial charge in [-0.1, -0.05) is 60.7 Å². The summed E-state index contributed by atoms with van der Waals surface area (Å²) in [6.45, 7) is 0. The molecule has 0 spiro atoms. The second kappa shape index (κ2) is 6.52. The van der Waals surface area contributed by atoms with Crippen LogP contribution in [0.25, 0.3) is 0 Å². The number of Topliss-reactive ketones (excluding diaryl/α,β-unsaturated/α-hetero) is 4. The Morgan fingerprint density at radius 1 is 0.667 bits per heavy atom. The van der Waals surface area contributed by atoms with E-state index in [2.05, 4.69) is 0 Å². The third kappa shape index (κ3) is 3.57. The summed E-state index contributed by atoms with van der Waals surface area (Å²) in [6, 6.07) is 16.3. The first-order valence-electron chi connectivity index (χ1n) is 6.34. The van der Waals surface area contributed by atoms with E-state index in [1.165, 1.54) is 12.1 Å². The van der Waals surface area contributed by atoms with Gasteiger partial charge in [-0.25, -0.2) is 0 Å². The van der Waals surface area contributed by atoms with E-state index < -0.39 is 23.1 Å². The smallest absolute Gasteiger partial charge is 0.277 e. The van der Waals surface area contributed by atoms with Crippen molar-refractivity contribution in [1.82, 2.24) is 0 Å². The van der Waals surface area contributed by atoms with Crippen molar-refractivity contribution in [1.29, 1.82) is 0 Å². The van der Waals surface area contributed by atoms with Crippen LogP contribution in [0.3, 0.4) is 0 Å². The maximum atomic E-state index is 11.8. The van der Waals surface area contributed by atoms with E-state index in [4.69, 9.17) is 0 Å². The van der Waals surface area contributed by atoms with Crippen molar-refractivity contribution >= 4 is 23.1 Å². The van der Waals surface area contributed by atoms with Gasteiger partial charge in [0.25, 0.3) is 11.6 Å². The van der Waals surface area contributed by atoms with Gasteiger partial charge in [0.2, 0.25) is 11.6 Å². The third-order valence-corrected chi connectivity index (χ3v) is 2.91. The Hall–Kier alpha value is -2.88. The van der Waals surface area contributed by atoms with E-state index in [-0.39, 0.29) is 12.0 Å². The average molecular weight is 280 g/mol. The molecular weight excluding hydrogens is 268 g/mol. The van der Waals surface area contributed by atoms with Crippen LogP contribution in [0, 0.1) is 0 Å². The summed E-state index contributed by atoms with van der Waals surface area (Å²) in [5.74, 6) is -4.40. The van der Waals surface area contributed by atoms with Crippen LogP contribution in [0.1, 0.15) is 15.9 Å². The van der Waals surface area contributed by atoms with Crippen molar-refractivity contribution in [3.8, 4) is 0 Å². The van der Waals surface area contributed by atoms with Gasteiger partial charge in [-0.2, -0.15) is 0 Å². The Morgan fingerprint density at radius 2 is 1.19 bits per heavy atom. The first-order valence-corrected chi connectivity index (χ1v) is 6.34. The fraction of sp³-hybridized carbons (Fsp3) is 0.0588. The summed E-state index contributed by atoms with van der Waals surface area (Å²) in [5.41, 5.74) is 0.721. The van der Waals surface area contributed by atoms with Crippen LogP contribution in [0.5, 0.6) is 0 Å². The highest BCUT2D eigenvalue weighted by atomic mass is 16.2. The molecule has 0 saturated heterocycles. The Morgan fingerprint density at radius 3 is 1.76 bits per heavy atom. The molecule has 0 radical (unpaired) electrons. The van der Waals surface area contributed by atoms with Crippen LogP contribution >= 0.6 is 0 Å². The molecule has 0 fully saturated rings. The van der Waals surface area contributed by atoms with Crippen LogP contribution in [0.15, 0.2) is 60.7 Å². The number of carbonyl (C=O) groups excluding carboxylic acids is 4. The zero-order valence-corrected chi connectivity index (χ0v) is 11.1. The number of carbonyl (C=O) groups is 4. The van der Waals surface area contributed by atoms with Crippen molar-refractivity contribution in [2.24, 2.45) is 0 Å². The molecule has 0 aliphatic heterocycles. The van der Waals surface area contributed by atoms with Gasteiger partial charge >= 0.3 is 0 Å². The fourth-order valence-electron chi connectivity index (χ4n) is 1.81. The van der Waals surface area contributed by atoms with Crippen molar-refractivity contribution in [2.75, 3.05) is 0 Å². The van der Waals surface area contributed by atoms with Gasteiger partial charge in [0, 0.05) is 12.0 Å². The number of hydrogen-bond acceptors (Lipinski definition) is 4. The highest BCUT2D eigenvalue weighted by Gasteiger charge is 2.29. The number of ketones is 4. The van der Waals surface area contributed by atoms with E-state index >= 15 is 0 Å². The summed E-state index contributed by atoms with van der Waals surface area (Å²) in [7, 11) is 0. The summed E-state index contributed by atoms with van der Waals surface area (Å²) >= 11 is 0. The average Bonchev–Trinajstić information content (AvgIpc) is 2.54. The first-order chi connectivity index (χ1) is 10.1. The number of hydrogen-bond donors (Lipinski definition) is 0. The number of benzene rings is 2. The molecule has 0 aliphatic carbocycles. The lowest BCUT2D eigenvalue weighted by molar-refractivity contribution is -0.142. The minimum atomic E-state index is -1.29. The van der Waals surface area contributed by atoms with Crippen molar-refractivity contribution < 1.29 is 19.2 Å². The Balaban J connectivity index is 2.07. The van der Waals surface area contributed by atoms with E-state index in [0.717, 1.165) is 0 Å². The normalized spacial score (nSPS) is 9.90. The minimum absolute atomic E-state index is 0.100. The van der Waals surface area contributed by atoms with Gasteiger partial charge in [0.15, 0.2) is 0 Å². The van der Waals surface area contributed by atoms with Gasteiger partial charge < -0.3 is 0 Å². The number of rotatable bonds is 6. The van der Waals surface area contributed by atoms with Gasteiger partial charge in [-0.3, -0.25) is 19.2 Å². The second-order valence-corrected chi connectivity index (χ2v) is 4.44.